The summed E-state index contributed by atoms with van der Waals surface area (Å²) in [4.78, 5) is 8.25. The van der Waals surface area contributed by atoms with Crippen LogP contribution in [0.2, 0.25) is 0 Å². The van der Waals surface area contributed by atoms with Gasteiger partial charge in [0.2, 0.25) is 0 Å². The van der Waals surface area contributed by atoms with E-state index in [9.17, 15) is 0 Å². The third kappa shape index (κ3) is 2.06. The summed E-state index contributed by atoms with van der Waals surface area (Å²) < 4.78 is 0.480. The van der Waals surface area contributed by atoms with Gasteiger partial charge >= 0.3 is 7.12 Å². The molecule has 0 aliphatic rings. The second-order valence-corrected chi connectivity index (χ2v) is 4.11. The van der Waals surface area contributed by atoms with Crippen LogP contribution in [0.1, 0.15) is 5.69 Å². The molecule has 0 aliphatic heterocycles. The summed E-state index contributed by atoms with van der Waals surface area (Å²) in [6.07, 6.45) is 3.39. The van der Waals surface area contributed by atoms with Crippen molar-refractivity contribution in [2.24, 2.45) is 0 Å². The zero-order chi connectivity index (χ0) is 10.8. The molecule has 6 heteroatoms. The lowest BCUT2D eigenvalue weighted by molar-refractivity contribution is 0.426. The van der Waals surface area contributed by atoms with Crippen molar-refractivity contribution in [3.05, 3.63) is 30.2 Å². The second-order valence-electron chi connectivity index (χ2n) is 3.08. The van der Waals surface area contributed by atoms with Crippen LogP contribution in [0.5, 0.6) is 0 Å². The van der Waals surface area contributed by atoms with E-state index >= 15 is 0 Å². The lowest BCUT2D eigenvalue weighted by atomic mass is 9.88. The Kier molecular flexibility index (Phi) is 2.81. The maximum Gasteiger partial charge on any atom is 0.501 e. The van der Waals surface area contributed by atoms with Gasteiger partial charge in [0.15, 0.2) is 0 Å². The average molecular weight is 220 g/mol. The summed E-state index contributed by atoms with van der Waals surface area (Å²) in [5, 5.41) is 18.9. The molecule has 2 aromatic rings. The summed E-state index contributed by atoms with van der Waals surface area (Å²) in [5.41, 5.74) is 1.53. The molecule has 2 N–H and O–H groups in total. The molecule has 2 rings (SSSR count). The van der Waals surface area contributed by atoms with E-state index in [1.807, 2.05) is 12.1 Å². The molecule has 0 aliphatic carbocycles. The minimum Gasteiger partial charge on any atom is -0.423 e. The van der Waals surface area contributed by atoms with E-state index in [2.05, 4.69) is 9.97 Å². The molecular weight excluding hydrogens is 211 g/mol. The quantitative estimate of drug-likeness (QED) is 0.709. The Balaban J connectivity index is 2.43. The van der Waals surface area contributed by atoms with Crippen molar-refractivity contribution in [3.63, 3.8) is 0 Å². The number of rotatable bonds is 2. The zero-order valence-corrected chi connectivity index (χ0v) is 8.90. The number of aromatic nitrogens is 2. The summed E-state index contributed by atoms with van der Waals surface area (Å²) in [6, 6.07) is 3.71. The summed E-state index contributed by atoms with van der Waals surface area (Å²) in [7, 11) is -1.45. The highest BCUT2D eigenvalue weighted by Gasteiger charge is 2.19. The number of thiazole rings is 1. The van der Waals surface area contributed by atoms with Crippen molar-refractivity contribution in [1.82, 2.24) is 9.97 Å². The molecule has 15 heavy (non-hydrogen) atoms. The van der Waals surface area contributed by atoms with Crippen LogP contribution in [0.15, 0.2) is 24.5 Å². The highest BCUT2D eigenvalue weighted by Crippen LogP contribution is 2.20. The lowest BCUT2D eigenvalue weighted by Crippen LogP contribution is -2.28. The largest absolute Gasteiger partial charge is 0.501 e. The minimum absolute atomic E-state index is 0.480. The highest BCUT2D eigenvalue weighted by molar-refractivity contribution is 7.24. The Labute approximate surface area is 91.4 Å². The van der Waals surface area contributed by atoms with Crippen LogP contribution in [0, 0.1) is 6.92 Å². The Bertz CT molecular complexity index is 458. The van der Waals surface area contributed by atoms with Gasteiger partial charge in [0.05, 0.1) is 4.78 Å². The average Bonchev–Trinajstić information content (AvgIpc) is 2.62. The fourth-order valence-corrected chi connectivity index (χ4v) is 2.19. The van der Waals surface area contributed by atoms with Crippen molar-refractivity contribution in [2.75, 3.05) is 0 Å². The van der Waals surface area contributed by atoms with E-state index in [1.165, 1.54) is 11.3 Å². The van der Waals surface area contributed by atoms with E-state index in [4.69, 9.17) is 10.0 Å². The molecule has 0 saturated heterocycles. The number of nitrogens with zero attached hydrogens (tertiary/aromatic N) is 2. The van der Waals surface area contributed by atoms with Crippen LogP contribution in [0.4, 0.5) is 0 Å². The molecule has 4 nitrogen and oxygen atoms in total. The molecular formula is C9H9BN2O2S. The Morgan fingerprint density at radius 3 is 2.73 bits per heavy atom. The van der Waals surface area contributed by atoms with Crippen LogP contribution in [-0.2, 0) is 0 Å². The number of hydrogen-bond donors (Lipinski definition) is 2. The Morgan fingerprint density at radius 1 is 1.40 bits per heavy atom. The first-order valence-corrected chi connectivity index (χ1v) is 5.24. The van der Waals surface area contributed by atoms with E-state index in [0.717, 1.165) is 10.6 Å². The van der Waals surface area contributed by atoms with Crippen LogP contribution in [0.25, 0.3) is 10.6 Å². The normalized spacial score (nSPS) is 10.3. The van der Waals surface area contributed by atoms with Gasteiger partial charge in [-0.1, -0.05) is 0 Å². The third-order valence-electron chi connectivity index (χ3n) is 1.98. The fourth-order valence-electron chi connectivity index (χ4n) is 1.26. The topological polar surface area (TPSA) is 66.2 Å². The first-order chi connectivity index (χ1) is 7.18. The van der Waals surface area contributed by atoms with Crippen molar-refractivity contribution in [3.8, 4) is 10.6 Å². The minimum atomic E-state index is -1.45. The van der Waals surface area contributed by atoms with Gasteiger partial charge < -0.3 is 10.0 Å². The van der Waals surface area contributed by atoms with Crippen LogP contribution in [0.3, 0.4) is 0 Å². The van der Waals surface area contributed by atoms with Crippen LogP contribution in [-0.4, -0.2) is 27.1 Å². The van der Waals surface area contributed by atoms with Crippen molar-refractivity contribution in [2.45, 2.75) is 6.92 Å². The monoisotopic (exact) mass is 220 g/mol. The highest BCUT2D eigenvalue weighted by atomic mass is 32.1. The van der Waals surface area contributed by atoms with Gasteiger partial charge in [0.25, 0.3) is 0 Å². The Hall–Kier alpha value is -1.24. The zero-order valence-electron chi connectivity index (χ0n) is 8.08. The number of hydrogen-bond acceptors (Lipinski definition) is 5. The van der Waals surface area contributed by atoms with Gasteiger partial charge in [-0.05, 0) is 19.1 Å². The molecule has 0 fully saturated rings. The molecule has 76 valence electrons. The first-order valence-electron chi connectivity index (χ1n) is 4.42. The van der Waals surface area contributed by atoms with Gasteiger partial charge in [-0.2, -0.15) is 0 Å². The van der Waals surface area contributed by atoms with Gasteiger partial charge in [0.1, 0.15) is 5.01 Å². The maximum atomic E-state index is 9.08. The molecule has 0 aromatic carbocycles. The van der Waals surface area contributed by atoms with Crippen molar-refractivity contribution in [1.29, 1.82) is 0 Å². The number of aryl methyl sites for hydroxylation is 1. The number of pyridine rings is 1. The van der Waals surface area contributed by atoms with E-state index in [1.54, 1.807) is 19.3 Å². The summed E-state index contributed by atoms with van der Waals surface area (Å²) in [6.45, 7) is 1.76. The predicted molar refractivity (Wildman–Crippen MR) is 59.9 cm³/mol. The van der Waals surface area contributed by atoms with Crippen LogP contribution >= 0.6 is 11.3 Å². The van der Waals surface area contributed by atoms with Gasteiger partial charge in [-0.15, -0.1) is 11.3 Å². The fraction of sp³-hybridized carbons (Fsp3) is 0.111. The van der Waals surface area contributed by atoms with E-state index in [-0.39, 0.29) is 0 Å². The molecule has 0 bridgehead atoms. The predicted octanol–water partition coefficient (Wildman–Crippen LogP) is 0.193. The molecule has 2 heterocycles. The SMILES string of the molecule is Cc1nc(-c2cccnc2)sc1B(O)O. The van der Waals surface area contributed by atoms with Gasteiger partial charge in [0, 0.05) is 23.7 Å². The second kappa shape index (κ2) is 4.10. The standard InChI is InChI=1S/C9H9BN2O2S/c1-6-8(10(13)14)15-9(12-6)7-3-2-4-11-5-7/h2-5,13-14H,1H3. The van der Waals surface area contributed by atoms with Gasteiger partial charge in [-0.3, -0.25) is 4.98 Å². The summed E-state index contributed by atoms with van der Waals surface area (Å²) in [5.74, 6) is 0. The van der Waals surface area contributed by atoms with E-state index in [0.29, 0.717) is 10.5 Å². The molecule has 0 radical (unpaired) electrons. The molecule has 0 amide bonds. The maximum absolute atomic E-state index is 9.08. The van der Waals surface area contributed by atoms with Gasteiger partial charge in [-0.25, -0.2) is 4.98 Å². The first kappa shape index (κ1) is 10.3. The summed E-state index contributed by atoms with van der Waals surface area (Å²) >= 11 is 1.27. The van der Waals surface area contributed by atoms with Crippen molar-refractivity contribution >= 4 is 23.2 Å². The molecule has 0 unspecified atom stereocenters. The molecule has 2 aromatic heterocycles. The third-order valence-corrected chi connectivity index (χ3v) is 3.22. The smallest absolute Gasteiger partial charge is 0.423 e. The van der Waals surface area contributed by atoms with E-state index < -0.39 is 7.12 Å². The lowest BCUT2D eigenvalue weighted by Gasteiger charge is -1.92. The Morgan fingerprint density at radius 2 is 2.20 bits per heavy atom. The molecule has 0 atom stereocenters. The molecule has 0 saturated carbocycles. The molecule has 0 spiro atoms. The van der Waals surface area contributed by atoms with Crippen molar-refractivity contribution < 1.29 is 10.0 Å². The van der Waals surface area contributed by atoms with Crippen LogP contribution < -0.4 is 4.78 Å².